The van der Waals surface area contributed by atoms with Crippen LogP contribution in [-0.4, -0.2) is 49.3 Å². The summed E-state index contributed by atoms with van der Waals surface area (Å²) in [5.41, 5.74) is 2.01. The number of likely N-dealkylation sites (N-methyl/N-ethyl adjacent to an activating group) is 1. The number of sulfonamides is 1. The molecule has 0 aliphatic carbocycles. The van der Waals surface area contributed by atoms with Crippen molar-refractivity contribution in [3.05, 3.63) is 93.1 Å². The summed E-state index contributed by atoms with van der Waals surface area (Å²) in [7, 11) is -2.60. The van der Waals surface area contributed by atoms with Crippen molar-refractivity contribution >= 4 is 61.4 Å². The van der Waals surface area contributed by atoms with Crippen molar-refractivity contribution in [2.45, 2.75) is 30.5 Å². The van der Waals surface area contributed by atoms with Crippen LogP contribution in [0.15, 0.2) is 77.0 Å². The van der Waals surface area contributed by atoms with Crippen molar-refractivity contribution < 1.29 is 22.7 Å². The zero-order valence-electron chi connectivity index (χ0n) is 21.9. The van der Waals surface area contributed by atoms with Crippen molar-refractivity contribution in [1.29, 1.82) is 5.26 Å². The number of fused-ring (bicyclic) bond motifs is 1. The predicted molar refractivity (Wildman–Crippen MR) is 157 cm³/mol. The van der Waals surface area contributed by atoms with Gasteiger partial charge in [-0.25, -0.2) is 13.2 Å². The summed E-state index contributed by atoms with van der Waals surface area (Å²) in [6.45, 7) is 0.841. The monoisotopic (exact) mass is 608 g/mol. The standard InChI is InChI=1S/C29H25ClN4O5S2/c1-33(26-11-12-34(28(26)35)16-20-13-22(15-31)40-18-20)41(37,38)23-8-9-24-21(14-23)7-10-25(27(24)30)32-29(36)39-17-19-5-3-2-4-6-19/h2-10,13-14,18,26H,11-12,16-17H2,1H3,(H,32,36)/t26-/m0/s1. The number of hydrogen-bond acceptors (Lipinski definition) is 7. The van der Waals surface area contributed by atoms with Gasteiger partial charge in [-0.15, -0.1) is 11.3 Å². The number of halogens is 1. The number of amides is 2. The quantitative estimate of drug-likeness (QED) is 0.278. The van der Waals surface area contributed by atoms with Crippen LogP contribution in [0, 0.1) is 11.3 Å². The first-order valence-electron chi connectivity index (χ1n) is 12.6. The van der Waals surface area contributed by atoms with Crippen LogP contribution in [0.5, 0.6) is 0 Å². The lowest BCUT2D eigenvalue weighted by atomic mass is 10.1. The maximum Gasteiger partial charge on any atom is 0.412 e. The first-order valence-corrected chi connectivity index (χ1v) is 15.3. The van der Waals surface area contributed by atoms with E-state index in [9.17, 15) is 18.0 Å². The van der Waals surface area contributed by atoms with Gasteiger partial charge in [0, 0.05) is 25.5 Å². The lowest BCUT2D eigenvalue weighted by molar-refractivity contribution is -0.131. The number of nitriles is 1. The van der Waals surface area contributed by atoms with Crippen LogP contribution in [-0.2, 0) is 32.7 Å². The van der Waals surface area contributed by atoms with E-state index in [2.05, 4.69) is 11.4 Å². The minimum Gasteiger partial charge on any atom is -0.444 e. The maximum absolute atomic E-state index is 13.5. The zero-order valence-corrected chi connectivity index (χ0v) is 24.3. The zero-order chi connectivity index (χ0) is 29.1. The molecule has 0 unspecified atom stereocenters. The minimum absolute atomic E-state index is 0.0225. The number of hydrogen-bond donors (Lipinski definition) is 1. The SMILES string of the molecule is CN([C@H]1CCN(Cc2csc(C#N)c2)C1=O)S(=O)(=O)c1ccc2c(Cl)c(NC(=O)OCc3ccccc3)ccc2c1. The maximum atomic E-state index is 13.5. The fourth-order valence-corrected chi connectivity index (χ4v) is 7.04. The molecule has 3 aromatic carbocycles. The molecule has 0 spiro atoms. The van der Waals surface area contributed by atoms with Crippen LogP contribution in [0.4, 0.5) is 10.5 Å². The van der Waals surface area contributed by atoms with E-state index < -0.39 is 22.2 Å². The minimum atomic E-state index is -4.01. The molecular formula is C29H25ClN4O5S2. The topological polar surface area (TPSA) is 120 Å². The van der Waals surface area contributed by atoms with E-state index >= 15 is 0 Å². The van der Waals surface area contributed by atoms with Gasteiger partial charge in [-0.3, -0.25) is 10.1 Å². The average Bonchev–Trinajstić information content (AvgIpc) is 3.59. The molecule has 12 heteroatoms. The second kappa shape index (κ2) is 11.9. The van der Waals surface area contributed by atoms with Crippen molar-refractivity contribution in [3.8, 4) is 6.07 Å². The van der Waals surface area contributed by atoms with Gasteiger partial charge in [0.25, 0.3) is 0 Å². The highest BCUT2D eigenvalue weighted by Crippen LogP contribution is 2.34. The second-order valence-corrected chi connectivity index (χ2v) is 12.8. The Morgan fingerprint density at radius 1 is 1.17 bits per heavy atom. The Hall–Kier alpha value is -3.95. The van der Waals surface area contributed by atoms with Crippen LogP contribution < -0.4 is 5.32 Å². The predicted octanol–water partition coefficient (Wildman–Crippen LogP) is 5.60. The first kappa shape index (κ1) is 28.6. The lowest BCUT2D eigenvalue weighted by Gasteiger charge is -2.23. The van der Waals surface area contributed by atoms with Gasteiger partial charge in [0.1, 0.15) is 23.6 Å². The van der Waals surface area contributed by atoms with E-state index in [0.29, 0.717) is 40.8 Å². The van der Waals surface area contributed by atoms with E-state index in [4.69, 9.17) is 21.6 Å². The van der Waals surface area contributed by atoms with Gasteiger partial charge in [0.15, 0.2) is 0 Å². The van der Waals surface area contributed by atoms with Gasteiger partial charge < -0.3 is 9.64 Å². The highest BCUT2D eigenvalue weighted by Gasteiger charge is 2.40. The smallest absolute Gasteiger partial charge is 0.412 e. The number of thiophene rings is 1. The Labute approximate surface area is 246 Å². The van der Waals surface area contributed by atoms with E-state index in [-0.39, 0.29) is 22.4 Å². The Balaban J connectivity index is 1.28. The molecule has 5 rings (SSSR count). The molecule has 1 N–H and O–H groups in total. The summed E-state index contributed by atoms with van der Waals surface area (Å²) in [6.07, 6.45) is -0.311. The number of nitrogens with one attached hydrogen (secondary N) is 1. The molecule has 1 fully saturated rings. The summed E-state index contributed by atoms with van der Waals surface area (Å²) in [4.78, 5) is 27.6. The molecule has 9 nitrogen and oxygen atoms in total. The molecule has 2 amide bonds. The van der Waals surface area contributed by atoms with Crippen LogP contribution >= 0.6 is 22.9 Å². The van der Waals surface area contributed by atoms with Gasteiger partial charge in [-0.2, -0.15) is 9.57 Å². The Bertz CT molecular complexity index is 1770. The summed E-state index contributed by atoms with van der Waals surface area (Å²) in [6, 6.07) is 20.0. The molecule has 0 saturated carbocycles. The van der Waals surface area contributed by atoms with Gasteiger partial charge in [0.2, 0.25) is 15.9 Å². The number of carbonyl (C=O) groups excluding carboxylic acids is 2. The average molecular weight is 609 g/mol. The van der Waals surface area contributed by atoms with Gasteiger partial charge in [0.05, 0.1) is 15.6 Å². The number of likely N-dealkylation sites (tertiary alicyclic amines) is 1. The molecule has 0 radical (unpaired) electrons. The molecule has 4 aromatic rings. The molecule has 1 aliphatic rings. The Morgan fingerprint density at radius 2 is 1.95 bits per heavy atom. The molecule has 0 bridgehead atoms. The Morgan fingerprint density at radius 3 is 2.68 bits per heavy atom. The van der Waals surface area contributed by atoms with E-state index in [1.807, 2.05) is 35.7 Å². The fraction of sp³-hybridized carbons (Fsp3) is 0.207. The number of ether oxygens (including phenoxy) is 1. The van der Waals surface area contributed by atoms with E-state index in [1.165, 1.54) is 30.5 Å². The lowest BCUT2D eigenvalue weighted by Crippen LogP contribution is -2.42. The van der Waals surface area contributed by atoms with Crippen molar-refractivity contribution in [1.82, 2.24) is 9.21 Å². The molecule has 1 saturated heterocycles. The molecular weight excluding hydrogens is 584 g/mol. The number of benzene rings is 3. The van der Waals surface area contributed by atoms with Gasteiger partial charge >= 0.3 is 6.09 Å². The molecule has 1 aliphatic heterocycles. The van der Waals surface area contributed by atoms with Crippen LogP contribution in [0.3, 0.4) is 0 Å². The summed E-state index contributed by atoms with van der Waals surface area (Å²) in [5.74, 6) is -0.278. The summed E-state index contributed by atoms with van der Waals surface area (Å²) >= 11 is 7.86. The van der Waals surface area contributed by atoms with Crippen LogP contribution in [0.25, 0.3) is 10.8 Å². The van der Waals surface area contributed by atoms with Gasteiger partial charge in [-0.1, -0.05) is 54.1 Å². The fourth-order valence-electron chi connectivity index (χ4n) is 4.68. The first-order chi connectivity index (χ1) is 19.7. The largest absolute Gasteiger partial charge is 0.444 e. The third-order valence-electron chi connectivity index (χ3n) is 6.90. The van der Waals surface area contributed by atoms with Crippen LogP contribution in [0.1, 0.15) is 22.4 Å². The molecule has 1 aromatic heterocycles. The van der Waals surface area contributed by atoms with Crippen molar-refractivity contribution in [2.24, 2.45) is 0 Å². The second-order valence-electron chi connectivity index (χ2n) is 9.51. The van der Waals surface area contributed by atoms with Crippen molar-refractivity contribution in [2.75, 3.05) is 18.9 Å². The number of nitrogens with zero attached hydrogens (tertiary/aromatic N) is 3. The molecule has 41 heavy (non-hydrogen) atoms. The summed E-state index contributed by atoms with van der Waals surface area (Å²) < 4.78 is 33.4. The number of rotatable bonds is 8. The highest BCUT2D eigenvalue weighted by molar-refractivity contribution is 7.89. The third kappa shape index (κ3) is 6.06. The highest BCUT2D eigenvalue weighted by atomic mass is 35.5. The number of carbonyl (C=O) groups is 2. The summed E-state index contributed by atoms with van der Waals surface area (Å²) in [5, 5.41) is 14.8. The molecule has 2 heterocycles. The van der Waals surface area contributed by atoms with E-state index in [0.717, 1.165) is 15.4 Å². The van der Waals surface area contributed by atoms with Crippen molar-refractivity contribution in [3.63, 3.8) is 0 Å². The van der Waals surface area contributed by atoms with Gasteiger partial charge in [-0.05, 0) is 52.6 Å². The normalized spacial score (nSPS) is 15.3. The Kier molecular flexibility index (Phi) is 8.28. The van der Waals surface area contributed by atoms with Crippen LogP contribution in [0.2, 0.25) is 5.02 Å². The molecule has 1 atom stereocenters. The third-order valence-corrected chi connectivity index (χ3v) is 10.1. The molecule has 210 valence electrons. The number of anilines is 1. The van der Waals surface area contributed by atoms with E-state index in [1.54, 1.807) is 29.2 Å².